The Bertz CT molecular complexity index is 890. The highest BCUT2D eigenvalue weighted by atomic mass is 16.6. The fourth-order valence-corrected chi connectivity index (χ4v) is 3.34. The van der Waals surface area contributed by atoms with Crippen molar-refractivity contribution in [2.45, 2.75) is 18.5 Å². The highest BCUT2D eigenvalue weighted by molar-refractivity contribution is 5.91. The molecule has 0 bridgehead atoms. The lowest BCUT2D eigenvalue weighted by Gasteiger charge is -2.18. The quantitative estimate of drug-likeness (QED) is 0.882. The summed E-state index contributed by atoms with van der Waals surface area (Å²) in [5.74, 6) is -1.27. The molecule has 4 heterocycles. The van der Waals surface area contributed by atoms with E-state index in [1.807, 2.05) is 0 Å². The van der Waals surface area contributed by atoms with Crippen LogP contribution >= 0.6 is 0 Å². The fourth-order valence-electron chi connectivity index (χ4n) is 3.34. The number of carboxylic acids is 1. The second-order valence-electron chi connectivity index (χ2n) is 5.73. The standard InChI is InChI=1S/C15H13N3O5/c19-12-10-2-1-3-16-13(10)17(6-11(12)14(20)21)8-4-9-7-23-15(22)18(9)5-8/h1-3,6,8-9H,4-5,7H2,(H,20,21)/t8-,9-/m0/s1. The van der Waals surface area contributed by atoms with Crippen LogP contribution in [0.5, 0.6) is 0 Å². The number of hydrogen-bond acceptors (Lipinski definition) is 5. The van der Waals surface area contributed by atoms with Crippen molar-refractivity contribution < 1.29 is 19.4 Å². The van der Waals surface area contributed by atoms with Gasteiger partial charge in [0.15, 0.2) is 0 Å². The number of ether oxygens (including phenoxy) is 1. The summed E-state index contributed by atoms with van der Waals surface area (Å²) < 4.78 is 6.69. The van der Waals surface area contributed by atoms with Crippen molar-refractivity contribution in [2.75, 3.05) is 13.2 Å². The molecule has 1 N–H and O–H groups in total. The Morgan fingerprint density at radius 1 is 1.35 bits per heavy atom. The summed E-state index contributed by atoms with van der Waals surface area (Å²) in [6.07, 6.45) is 3.18. The first-order chi connectivity index (χ1) is 11.1. The van der Waals surface area contributed by atoms with E-state index in [0.717, 1.165) is 0 Å². The molecule has 0 unspecified atom stereocenters. The van der Waals surface area contributed by atoms with Gasteiger partial charge in [-0.15, -0.1) is 0 Å². The second-order valence-corrected chi connectivity index (χ2v) is 5.73. The number of aromatic carboxylic acids is 1. The third kappa shape index (κ3) is 1.98. The van der Waals surface area contributed by atoms with Gasteiger partial charge in [-0.25, -0.2) is 14.6 Å². The Balaban J connectivity index is 1.87. The molecule has 0 radical (unpaired) electrons. The molecule has 118 valence electrons. The van der Waals surface area contributed by atoms with Crippen molar-refractivity contribution in [1.29, 1.82) is 0 Å². The lowest BCUT2D eigenvalue weighted by molar-refractivity contribution is 0.0694. The van der Waals surface area contributed by atoms with Crippen molar-refractivity contribution in [2.24, 2.45) is 0 Å². The van der Waals surface area contributed by atoms with Crippen LogP contribution in [0.4, 0.5) is 4.79 Å². The van der Waals surface area contributed by atoms with Gasteiger partial charge in [0.05, 0.1) is 17.5 Å². The fraction of sp³-hybridized carbons (Fsp3) is 0.333. The van der Waals surface area contributed by atoms with Crippen LogP contribution in [0.15, 0.2) is 29.3 Å². The van der Waals surface area contributed by atoms with Crippen LogP contribution in [0, 0.1) is 0 Å². The minimum absolute atomic E-state index is 0.0148. The van der Waals surface area contributed by atoms with E-state index >= 15 is 0 Å². The van der Waals surface area contributed by atoms with Gasteiger partial charge in [-0.05, 0) is 18.6 Å². The van der Waals surface area contributed by atoms with Crippen LogP contribution in [0.3, 0.4) is 0 Å². The largest absolute Gasteiger partial charge is 0.477 e. The normalized spacial score (nSPS) is 23.1. The van der Waals surface area contributed by atoms with Gasteiger partial charge in [-0.3, -0.25) is 9.69 Å². The zero-order valence-corrected chi connectivity index (χ0v) is 12.0. The first kappa shape index (κ1) is 13.7. The summed E-state index contributed by atoms with van der Waals surface area (Å²) in [5, 5.41) is 9.54. The van der Waals surface area contributed by atoms with E-state index in [0.29, 0.717) is 25.2 Å². The van der Waals surface area contributed by atoms with E-state index in [9.17, 15) is 19.5 Å². The van der Waals surface area contributed by atoms with Crippen molar-refractivity contribution in [3.8, 4) is 0 Å². The lowest BCUT2D eigenvalue weighted by atomic mass is 10.1. The summed E-state index contributed by atoms with van der Waals surface area (Å²) in [5.41, 5.74) is -0.406. The molecule has 4 rings (SSSR count). The number of rotatable bonds is 2. The van der Waals surface area contributed by atoms with Crippen LogP contribution in [0.25, 0.3) is 11.0 Å². The van der Waals surface area contributed by atoms with Crippen LogP contribution < -0.4 is 5.43 Å². The van der Waals surface area contributed by atoms with Crippen LogP contribution in [-0.2, 0) is 4.74 Å². The first-order valence-corrected chi connectivity index (χ1v) is 7.23. The highest BCUT2D eigenvalue weighted by Gasteiger charge is 2.42. The molecule has 23 heavy (non-hydrogen) atoms. The second kappa shape index (κ2) is 4.80. The molecule has 2 aromatic heterocycles. The Morgan fingerprint density at radius 2 is 2.17 bits per heavy atom. The first-order valence-electron chi connectivity index (χ1n) is 7.23. The third-order valence-corrected chi connectivity index (χ3v) is 4.44. The van der Waals surface area contributed by atoms with E-state index in [-0.39, 0.29) is 29.1 Å². The molecule has 0 aromatic carbocycles. The van der Waals surface area contributed by atoms with E-state index in [1.54, 1.807) is 27.8 Å². The average Bonchev–Trinajstić information content (AvgIpc) is 3.10. The van der Waals surface area contributed by atoms with Crippen molar-refractivity contribution in [3.05, 3.63) is 40.3 Å². The zero-order chi connectivity index (χ0) is 16.1. The maximum Gasteiger partial charge on any atom is 0.410 e. The molecule has 2 saturated heterocycles. The van der Waals surface area contributed by atoms with Crippen molar-refractivity contribution in [3.63, 3.8) is 0 Å². The molecule has 0 spiro atoms. The number of aromatic nitrogens is 2. The molecule has 2 fully saturated rings. The van der Waals surface area contributed by atoms with Crippen molar-refractivity contribution >= 4 is 23.1 Å². The average molecular weight is 315 g/mol. The van der Waals surface area contributed by atoms with Gasteiger partial charge in [0, 0.05) is 18.9 Å². The number of hydrogen-bond donors (Lipinski definition) is 1. The van der Waals surface area contributed by atoms with E-state index in [2.05, 4.69) is 4.98 Å². The monoisotopic (exact) mass is 315 g/mol. The SMILES string of the molecule is O=C(O)c1cn([C@H]2C[C@H]3COC(=O)N3C2)c2ncccc2c1=O. The Labute approximate surface area is 129 Å². The Kier molecular flexibility index (Phi) is 2.87. The summed E-state index contributed by atoms with van der Waals surface area (Å²) in [6.45, 7) is 0.754. The molecule has 0 aliphatic carbocycles. The number of carbonyl (C=O) groups is 2. The number of nitrogens with zero attached hydrogens (tertiary/aromatic N) is 3. The molecule has 2 aliphatic heterocycles. The molecule has 2 aromatic rings. The van der Waals surface area contributed by atoms with Crippen LogP contribution in [0.1, 0.15) is 22.8 Å². The minimum atomic E-state index is -1.27. The number of pyridine rings is 2. The van der Waals surface area contributed by atoms with E-state index in [1.165, 1.54) is 6.20 Å². The van der Waals surface area contributed by atoms with Gasteiger partial charge >= 0.3 is 12.1 Å². The van der Waals surface area contributed by atoms with Gasteiger partial charge < -0.3 is 14.4 Å². The lowest BCUT2D eigenvalue weighted by Crippen LogP contribution is -2.28. The van der Waals surface area contributed by atoms with E-state index in [4.69, 9.17) is 4.74 Å². The number of amides is 1. The predicted molar refractivity (Wildman–Crippen MR) is 78.5 cm³/mol. The number of fused-ring (bicyclic) bond motifs is 2. The van der Waals surface area contributed by atoms with Crippen LogP contribution in [0.2, 0.25) is 0 Å². The highest BCUT2D eigenvalue weighted by Crippen LogP contribution is 2.32. The van der Waals surface area contributed by atoms with Gasteiger partial charge in [0.25, 0.3) is 0 Å². The van der Waals surface area contributed by atoms with Gasteiger partial charge in [-0.1, -0.05) is 0 Å². The van der Waals surface area contributed by atoms with Gasteiger partial charge in [0.2, 0.25) is 5.43 Å². The molecule has 2 aliphatic rings. The van der Waals surface area contributed by atoms with Gasteiger partial charge in [-0.2, -0.15) is 0 Å². The third-order valence-electron chi connectivity index (χ3n) is 4.44. The Hall–Kier alpha value is -2.90. The topological polar surface area (TPSA) is 102 Å². The molecule has 8 heteroatoms. The minimum Gasteiger partial charge on any atom is -0.477 e. The molecule has 2 atom stereocenters. The zero-order valence-electron chi connectivity index (χ0n) is 12.0. The van der Waals surface area contributed by atoms with Gasteiger partial charge in [0.1, 0.15) is 17.8 Å². The number of carbonyl (C=O) groups excluding carboxylic acids is 1. The van der Waals surface area contributed by atoms with E-state index < -0.39 is 11.4 Å². The summed E-state index contributed by atoms with van der Waals surface area (Å²) >= 11 is 0. The molecule has 1 amide bonds. The maximum absolute atomic E-state index is 12.3. The molecular formula is C15H13N3O5. The smallest absolute Gasteiger partial charge is 0.410 e. The summed E-state index contributed by atoms with van der Waals surface area (Å²) in [6, 6.07) is 3.02. The molecule has 0 saturated carbocycles. The predicted octanol–water partition coefficient (Wildman–Crippen LogP) is 0.860. The Morgan fingerprint density at radius 3 is 2.91 bits per heavy atom. The summed E-state index contributed by atoms with van der Waals surface area (Å²) in [7, 11) is 0. The summed E-state index contributed by atoms with van der Waals surface area (Å²) in [4.78, 5) is 41.2. The maximum atomic E-state index is 12.3. The van der Waals surface area contributed by atoms with Crippen molar-refractivity contribution in [1.82, 2.24) is 14.5 Å². The number of cyclic esters (lactones) is 1. The van der Waals surface area contributed by atoms with Crippen LogP contribution in [-0.4, -0.2) is 50.8 Å². The molecular weight excluding hydrogens is 302 g/mol. The number of carboxylic acid groups (broad SMARTS) is 1. The molecule has 8 nitrogen and oxygen atoms in total.